The molecule has 0 bridgehead atoms. The lowest BCUT2D eigenvalue weighted by Crippen LogP contribution is -1.97. The Morgan fingerprint density at radius 2 is 1.92 bits per heavy atom. The summed E-state index contributed by atoms with van der Waals surface area (Å²) in [5.74, 6) is 1.59. The Morgan fingerprint density at radius 1 is 1.04 bits per heavy atom. The molecule has 0 atom stereocenters. The highest BCUT2D eigenvalue weighted by Crippen LogP contribution is 2.33. The maximum atomic E-state index is 5.57. The van der Waals surface area contributed by atoms with Crippen molar-refractivity contribution >= 4 is 22.5 Å². The normalized spacial score (nSPS) is 10.8. The first-order chi connectivity index (χ1) is 12.3. The van der Waals surface area contributed by atoms with Crippen molar-refractivity contribution < 1.29 is 4.74 Å². The lowest BCUT2D eigenvalue weighted by atomic mass is 10.1. The van der Waals surface area contributed by atoms with Crippen LogP contribution in [0.4, 0.5) is 11.5 Å². The van der Waals surface area contributed by atoms with E-state index in [-0.39, 0.29) is 0 Å². The molecule has 4 aromatic rings. The molecule has 5 heteroatoms. The Morgan fingerprint density at radius 3 is 2.76 bits per heavy atom. The highest BCUT2D eigenvalue weighted by atomic mass is 16.5. The second-order valence-corrected chi connectivity index (χ2v) is 5.60. The fourth-order valence-electron chi connectivity index (χ4n) is 2.87. The maximum Gasteiger partial charge on any atom is 0.143 e. The number of nitrogens with one attached hydrogen (secondary N) is 2. The van der Waals surface area contributed by atoms with Crippen molar-refractivity contribution in [3.8, 4) is 16.9 Å². The smallest absolute Gasteiger partial charge is 0.143 e. The number of aromatic amines is 1. The van der Waals surface area contributed by atoms with Gasteiger partial charge in [-0.25, -0.2) is 9.97 Å². The Kier molecular flexibility index (Phi) is 4.04. The number of H-pyrrole nitrogens is 1. The molecule has 2 aromatic carbocycles. The van der Waals surface area contributed by atoms with Crippen molar-refractivity contribution in [3.63, 3.8) is 0 Å². The van der Waals surface area contributed by atoms with Gasteiger partial charge in [-0.2, -0.15) is 0 Å². The van der Waals surface area contributed by atoms with Gasteiger partial charge in [-0.05, 0) is 24.6 Å². The molecule has 0 saturated heterocycles. The molecule has 0 aliphatic rings. The Bertz CT molecular complexity index is 995. The highest BCUT2D eigenvalue weighted by Gasteiger charge is 2.13. The van der Waals surface area contributed by atoms with E-state index in [0.29, 0.717) is 6.61 Å². The summed E-state index contributed by atoms with van der Waals surface area (Å²) in [4.78, 5) is 12.0. The van der Waals surface area contributed by atoms with E-state index in [1.807, 2.05) is 55.6 Å². The molecular formula is C20H18N4O. The SMILES string of the molecule is CCOc1cccc(Nc2ncnc3[nH]cc(-c4ccccc4)c23)c1. The van der Waals surface area contributed by atoms with Crippen molar-refractivity contribution in [1.29, 1.82) is 0 Å². The number of anilines is 2. The summed E-state index contributed by atoms with van der Waals surface area (Å²) in [6.45, 7) is 2.61. The Balaban J connectivity index is 1.77. The van der Waals surface area contributed by atoms with Crippen LogP contribution in [0.2, 0.25) is 0 Å². The van der Waals surface area contributed by atoms with Gasteiger partial charge in [0.05, 0.1) is 12.0 Å². The lowest BCUT2D eigenvalue weighted by molar-refractivity contribution is 0.340. The van der Waals surface area contributed by atoms with E-state index >= 15 is 0 Å². The molecule has 2 N–H and O–H groups in total. The van der Waals surface area contributed by atoms with Gasteiger partial charge >= 0.3 is 0 Å². The van der Waals surface area contributed by atoms with Gasteiger partial charge in [-0.1, -0.05) is 36.4 Å². The number of ether oxygens (including phenoxy) is 1. The zero-order chi connectivity index (χ0) is 17.1. The minimum absolute atomic E-state index is 0.636. The Hall–Kier alpha value is -3.34. The van der Waals surface area contributed by atoms with E-state index < -0.39 is 0 Å². The van der Waals surface area contributed by atoms with E-state index in [4.69, 9.17) is 4.74 Å². The molecule has 0 amide bonds. The molecule has 2 aromatic heterocycles. The maximum absolute atomic E-state index is 5.57. The van der Waals surface area contributed by atoms with Gasteiger partial charge in [0.2, 0.25) is 0 Å². The van der Waals surface area contributed by atoms with Crippen molar-refractivity contribution in [2.75, 3.05) is 11.9 Å². The topological polar surface area (TPSA) is 62.8 Å². The monoisotopic (exact) mass is 330 g/mol. The molecule has 0 radical (unpaired) electrons. The van der Waals surface area contributed by atoms with E-state index in [1.54, 1.807) is 6.33 Å². The average molecular weight is 330 g/mol. The number of aromatic nitrogens is 3. The second kappa shape index (κ2) is 6.65. The van der Waals surface area contributed by atoms with Crippen molar-refractivity contribution in [1.82, 2.24) is 15.0 Å². The van der Waals surface area contributed by atoms with Gasteiger partial charge in [0.1, 0.15) is 23.5 Å². The van der Waals surface area contributed by atoms with Gasteiger partial charge in [0, 0.05) is 23.5 Å². The number of benzene rings is 2. The second-order valence-electron chi connectivity index (χ2n) is 5.60. The summed E-state index contributed by atoms with van der Waals surface area (Å²) in [5.41, 5.74) is 3.91. The first kappa shape index (κ1) is 15.2. The molecule has 4 rings (SSSR count). The summed E-state index contributed by atoms with van der Waals surface area (Å²) >= 11 is 0. The van der Waals surface area contributed by atoms with Crippen LogP contribution >= 0.6 is 0 Å². The van der Waals surface area contributed by atoms with Gasteiger partial charge in [-0.3, -0.25) is 0 Å². The van der Waals surface area contributed by atoms with Crippen LogP contribution in [-0.2, 0) is 0 Å². The van der Waals surface area contributed by atoms with Crippen LogP contribution in [0.15, 0.2) is 67.1 Å². The molecular weight excluding hydrogens is 312 g/mol. The third-order valence-corrected chi connectivity index (χ3v) is 3.96. The number of hydrogen-bond acceptors (Lipinski definition) is 4. The number of fused-ring (bicyclic) bond motifs is 1. The molecule has 0 spiro atoms. The molecule has 0 fully saturated rings. The van der Waals surface area contributed by atoms with Crippen LogP contribution in [0.1, 0.15) is 6.92 Å². The lowest BCUT2D eigenvalue weighted by Gasteiger charge is -2.10. The standard InChI is InChI=1S/C20H18N4O/c1-2-25-16-10-6-9-15(11-16)24-20-18-17(14-7-4-3-5-8-14)12-21-19(18)22-13-23-20/h3-13H,2H2,1H3,(H2,21,22,23,24). The third kappa shape index (κ3) is 3.04. The van der Waals surface area contributed by atoms with Crippen LogP contribution in [0.25, 0.3) is 22.2 Å². The minimum atomic E-state index is 0.636. The molecule has 124 valence electrons. The largest absolute Gasteiger partial charge is 0.494 e. The molecule has 0 unspecified atom stereocenters. The van der Waals surface area contributed by atoms with Gasteiger partial charge < -0.3 is 15.0 Å². The van der Waals surface area contributed by atoms with E-state index in [2.05, 4.69) is 32.4 Å². The van der Waals surface area contributed by atoms with Gasteiger partial charge in [-0.15, -0.1) is 0 Å². The molecule has 5 nitrogen and oxygen atoms in total. The van der Waals surface area contributed by atoms with Crippen LogP contribution in [-0.4, -0.2) is 21.6 Å². The first-order valence-electron chi connectivity index (χ1n) is 8.22. The van der Waals surface area contributed by atoms with Gasteiger partial charge in [0.15, 0.2) is 0 Å². The van der Waals surface area contributed by atoms with E-state index in [9.17, 15) is 0 Å². The summed E-state index contributed by atoms with van der Waals surface area (Å²) in [6.07, 6.45) is 3.53. The van der Waals surface area contributed by atoms with E-state index in [1.165, 1.54) is 0 Å². The van der Waals surface area contributed by atoms with Crippen LogP contribution < -0.4 is 10.1 Å². The summed E-state index contributed by atoms with van der Waals surface area (Å²) in [7, 11) is 0. The summed E-state index contributed by atoms with van der Waals surface area (Å²) < 4.78 is 5.57. The molecule has 25 heavy (non-hydrogen) atoms. The molecule has 2 heterocycles. The van der Waals surface area contributed by atoms with Crippen molar-refractivity contribution in [2.24, 2.45) is 0 Å². The molecule has 0 saturated carbocycles. The summed E-state index contributed by atoms with van der Waals surface area (Å²) in [6, 6.07) is 18.1. The molecule has 0 aliphatic carbocycles. The zero-order valence-electron chi connectivity index (χ0n) is 13.9. The van der Waals surface area contributed by atoms with Crippen molar-refractivity contribution in [2.45, 2.75) is 6.92 Å². The summed E-state index contributed by atoms with van der Waals surface area (Å²) in [5, 5.41) is 4.36. The van der Waals surface area contributed by atoms with Gasteiger partial charge in [0.25, 0.3) is 0 Å². The number of rotatable bonds is 5. The van der Waals surface area contributed by atoms with Crippen LogP contribution in [0.5, 0.6) is 5.75 Å². The van der Waals surface area contributed by atoms with E-state index in [0.717, 1.165) is 39.4 Å². The predicted octanol–water partition coefficient (Wildman–Crippen LogP) is 4.77. The average Bonchev–Trinajstić information content (AvgIpc) is 3.08. The third-order valence-electron chi connectivity index (χ3n) is 3.96. The zero-order valence-corrected chi connectivity index (χ0v) is 13.9. The van der Waals surface area contributed by atoms with Crippen molar-refractivity contribution in [3.05, 3.63) is 67.1 Å². The van der Waals surface area contributed by atoms with Crippen LogP contribution in [0, 0.1) is 0 Å². The Labute approximate surface area is 145 Å². The predicted molar refractivity (Wildman–Crippen MR) is 100 cm³/mol. The fourth-order valence-corrected chi connectivity index (χ4v) is 2.87. The fraction of sp³-hybridized carbons (Fsp3) is 0.100. The van der Waals surface area contributed by atoms with Crippen LogP contribution in [0.3, 0.4) is 0 Å². The minimum Gasteiger partial charge on any atom is -0.494 e. The quantitative estimate of drug-likeness (QED) is 0.553. The molecule has 0 aliphatic heterocycles. The first-order valence-corrected chi connectivity index (χ1v) is 8.22. The number of hydrogen-bond donors (Lipinski definition) is 2. The highest BCUT2D eigenvalue weighted by molar-refractivity contribution is 6.01. The number of nitrogens with zero attached hydrogens (tertiary/aromatic N) is 2.